The van der Waals surface area contributed by atoms with Crippen LogP contribution in [0.25, 0.3) is 22.0 Å². The number of hydrogen-bond donors (Lipinski definition) is 2. The topological polar surface area (TPSA) is 48.1 Å². The van der Waals surface area contributed by atoms with Gasteiger partial charge in [0.1, 0.15) is 0 Å². The molecule has 1 fully saturated rings. The average molecular weight is 333 g/mol. The minimum Gasteiger partial charge on any atom is -0.388 e. The third-order valence-corrected chi connectivity index (χ3v) is 5.01. The van der Waals surface area contributed by atoms with Gasteiger partial charge in [-0.3, -0.25) is 4.79 Å². The number of aromatic nitrogens is 1. The van der Waals surface area contributed by atoms with Gasteiger partial charge in [-0.25, -0.2) is 0 Å². The molecule has 0 amide bonds. The first-order valence-corrected chi connectivity index (χ1v) is 8.95. The number of rotatable bonds is 3. The molecular formula is C21H23N3O. The highest BCUT2D eigenvalue weighted by Crippen LogP contribution is 2.27. The van der Waals surface area contributed by atoms with Crippen molar-refractivity contribution in [1.29, 1.82) is 0 Å². The van der Waals surface area contributed by atoms with Crippen molar-refractivity contribution in [3.05, 3.63) is 58.9 Å². The van der Waals surface area contributed by atoms with Crippen LogP contribution in [0, 0.1) is 0 Å². The van der Waals surface area contributed by atoms with Crippen molar-refractivity contribution in [2.75, 3.05) is 30.4 Å². The van der Waals surface area contributed by atoms with Gasteiger partial charge in [0, 0.05) is 48.2 Å². The lowest BCUT2D eigenvalue weighted by Crippen LogP contribution is -2.29. The summed E-state index contributed by atoms with van der Waals surface area (Å²) in [6.07, 6.45) is 3.83. The Balaban J connectivity index is 1.75. The molecular weight excluding hydrogens is 310 g/mol. The summed E-state index contributed by atoms with van der Waals surface area (Å²) in [5.41, 5.74) is 4.06. The Morgan fingerprint density at radius 2 is 1.84 bits per heavy atom. The molecule has 1 aliphatic rings. The summed E-state index contributed by atoms with van der Waals surface area (Å²) in [7, 11) is 1.86. The smallest absolute Gasteiger partial charge is 0.256 e. The molecule has 0 radical (unpaired) electrons. The third-order valence-electron chi connectivity index (χ3n) is 5.01. The quantitative estimate of drug-likeness (QED) is 0.754. The minimum absolute atomic E-state index is 0.0482. The first kappa shape index (κ1) is 15.8. The van der Waals surface area contributed by atoms with Crippen molar-refractivity contribution >= 4 is 22.1 Å². The molecule has 0 atom stereocenters. The second kappa shape index (κ2) is 6.63. The molecule has 3 aromatic rings. The van der Waals surface area contributed by atoms with Crippen molar-refractivity contribution in [2.45, 2.75) is 19.3 Å². The van der Waals surface area contributed by atoms with E-state index in [0.717, 1.165) is 35.4 Å². The molecule has 1 aromatic heterocycles. The molecule has 2 heterocycles. The van der Waals surface area contributed by atoms with Crippen LogP contribution in [0.15, 0.2) is 53.3 Å². The summed E-state index contributed by atoms with van der Waals surface area (Å²) in [6.45, 7) is 2.23. The summed E-state index contributed by atoms with van der Waals surface area (Å²) < 4.78 is 0. The lowest BCUT2D eigenvalue weighted by molar-refractivity contribution is 0.578. The number of H-pyrrole nitrogens is 1. The molecule has 0 bridgehead atoms. The number of nitrogens with zero attached hydrogens (tertiary/aromatic N) is 1. The van der Waals surface area contributed by atoms with E-state index in [4.69, 9.17) is 0 Å². The van der Waals surface area contributed by atoms with E-state index in [1.54, 1.807) is 0 Å². The number of anilines is 2. The van der Waals surface area contributed by atoms with Crippen LogP contribution in [0.4, 0.5) is 11.4 Å². The van der Waals surface area contributed by atoms with Crippen molar-refractivity contribution in [3.8, 4) is 11.3 Å². The monoisotopic (exact) mass is 333 g/mol. The van der Waals surface area contributed by atoms with Crippen LogP contribution < -0.4 is 15.8 Å². The van der Waals surface area contributed by atoms with E-state index in [1.165, 1.54) is 24.9 Å². The molecule has 0 saturated carbocycles. The van der Waals surface area contributed by atoms with E-state index < -0.39 is 0 Å². The third kappa shape index (κ3) is 3.12. The predicted molar refractivity (Wildman–Crippen MR) is 106 cm³/mol. The van der Waals surface area contributed by atoms with Gasteiger partial charge < -0.3 is 15.2 Å². The normalized spacial score (nSPS) is 14.7. The summed E-state index contributed by atoms with van der Waals surface area (Å²) in [4.78, 5) is 18.0. The van der Waals surface area contributed by atoms with Crippen LogP contribution in [0.2, 0.25) is 0 Å². The number of piperidine rings is 1. The van der Waals surface area contributed by atoms with Crippen molar-refractivity contribution < 1.29 is 0 Å². The molecule has 2 aromatic carbocycles. The molecule has 4 nitrogen and oxygen atoms in total. The number of nitrogens with one attached hydrogen (secondary N) is 2. The van der Waals surface area contributed by atoms with Crippen LogP contribution in [0.3, 0.4) is 0 Å². The largest absolute Gasteiger partial charge is 0.388 e. The number of pyridine rings is 1. The summed E-state index contributed by atoms with van der Waals surface area (Å²) >= 11 is 0. The lowest BCUT2D eigenvalue weighted by atomic mass is 10.0. The van der Waals surface area contributed by atoms with E-state index in [1.807, 2.05) is 25.2 Å². The summed E-state index contributed by atoms with van der Waals surface area (Å²) in [5, 5.41) is 4.75. The van der Waals surface area contributed by atoms with Gasteiger partial charge in [0.25, 0.3) is 5.56 Å². The highest BCUT2D eigenvalue weighted by atomic mass is 16.1. The molecule has 1 saturated heterocycles. The lowest BCUT2D eigenvalue weighted by Gasteiger charge is -2.29. The maximum absolute atomic E-state index is 12.5. The predicted octanol–water partition coefficient (Wildman–Crippen LogP) is 4.23. The van der Waals surface area contributed by atoms with Crippen LogP contribution >= 0.6 is 0 Å². The Bertz CT molecular complexity index is 955. The molecule has 4 heteroatoms. The Hall–Kier alpha value is -2.75. The number of benzene rings is 2. The zero-order valence-corrected chi connectivity index (χ0v) is 14.5. The fourth-order valence-corrected chi connectivity index (χ4v) is 3.59. The van der Waals surface area contributed by atoms with Gasteiger partial charge >= 0.3 is 0 Å². The number of fused-ring (bicyclic) bond motifs is 1. The standard InChI is InChI=1S/C21H23N3O/c1-22-17-9-8-15-13-20(23-21(25)19(15)14-17)16-6-5-7-18(12-16)24-10-3-2-4-11-24/h5-9,12-14,22H,2-4,10-11H2,1H3,(H,23,25). The molecule has 4 rings (SSSR count). The first-order valence-electron chi connectivity index (χ1n) is 8.95. The van der Waals surface area contributed by atoms with Crippen LogP contribution in [-0.2, 0) is 0 Å². The highest BCUT2D eigenvalue weighted by Gasteiger charge is 2.12. The Morgan fingerprint density at radius 1 is 1.00 bits per heavy atom. The summed E-state index contributed by atoms with van der Waals surface area (Å²) in [5.74, 6) is 0. The molecule has 128 valence electrons. The van der Waals surface area contributed by atoms with Crippen LogP contribution in [-0.4, -0.2) is 25.1 Å². The minimum atomic E-state index is -0.0482. The first-order chi connectivity index (χ1) is 12.2. The van der Waals surface area contributed by atoms with Crippen molar-refractivity contribution in [1.82, 2.24) is 4.98 Å². The van der Waals surface area contributed by atoms with Gasteiger partial charge in [-0.1, -0.05) is 18.2 Å². The van der Waals surface area contributed by atoms with Gasteiger partial charge in [-0.05, 0) is 55.0 Å². The van der Waals surface area contributed by atoms with Crippen LogP contribution in [0.1, 0.15) is 19.3 Å². The second-order valence-electron chi connectivity index (χ2n) is 6.66. The van der Waals surface area contributed by atoms with E-state index >= 15 is 0 Å². The van der Waals surface area contributed by atoms with E-state index in [2.05, 4.69) is 45.5 Å². The molecule has 1 aliphatic heterocycles. The zero-order valence-electron chi connectivity index (χ0n) is 14.5. The molecule has 0 aliphatic carbocycles. The average Bonchev–Trinajstić information content (AvgIpc) is 2.68. The van der Waals surface area contributed by atoms with Crippen molar-refractivity contribution in [3.63, 3.8) is 0 Å². The zero-order chi connectivity index (χ0) is 17.2. The highest BCUT2D eigenvalue weighted by molar-refractivity contribution is 5.88. The summed E-state index contributed by atoms with van der Waals surface area (Å²) in [6, 6.07) is 16.4. The van der Waals surface area contributed by atoms with Gasteiger partial charge in [0.05, 0.1) is 0 Å². The van der Waals surface area contributed by atoms with Gasteiger partial charge in [-0.15, -0.1) is 0 Å². The Labute approximate surface area is 147 Å². The number of aromatic amines is 1. The van der Waals surface area contributed by atoms with Crippen LogP contribution in [0.5, 0.6) is 0 Å². The molecule has 0 spiro atoms. The SMILES string of the molecule is CNc1ccc2cc(-c3cccc(N4CCCCC4)c3)[nH]c(=O)c2c1. The van der Waals surface area contributed by atoms with Gasteiger partial charge in [-0.2, -0.15) is 0 Å². The molecule has 25 heavy (non-hydrogen) atoms. The molecule has 2 N–H and O–H groups in total. The second-order valence-corrected chi connectivity index (χ2v) is 6.66. The Morgan fingerprint density at radius 3 is 2.64 bits per heavy atom. The Kier molecular flexibility index (Phi) is 4.18. The maximum atomic E-state index is 12.5. The fourth-order valence-electron chi connectivity index (χ4n) is 3.59. The van der Waals surface area contributed by atoms with Gasteiger partial charge in [0.2, 0.25) is 0 Å². The van der Waals surface area contributed by atoms with Gasteiger partial charge in [0.15, 0.2) is 0 Å². The van der Waals surface area contributed by atoms with E-state index in [-0.39, 0.29) is 5.56 Å². The van der Waals surface area contributed by atoms with E-state index in [0.29, 0.717) is 5.39 Å². The number of hydrogen-bond acceptors (Lipinski definition) is 3. The molecule has 0 unspecified atom stereocenters. The maximum Gasteiger partial charge on any atom is 0.256 e. The van der Waals surface area contributed by atoms with E-state index in [9.17, 15) is 4.79 Å². The van der Waals surface area contributed by atoms with Crippen molar-refractivity contribution in [2.24, 2.45) is 0 Å². The fraction of sp³-hybridized carbons (Fsp3) is 0.286.